The number of phenols is 1. The monoisotopic (exact) mass is 350 g/mol. The molecule has 1 aliphatic carbocycles. The van der Waals surface area contributed by atoms with Gasteiger partial charge in [0, 0.05) is 18.8 Å². The molecule has 5 heteroatoms. The number of anilines is 1. The molecule has 1 saturated heterocycles. The minimum Gasteiger partial charge on any atom is -0.508 e. The number of hydrogen-bond donors (Lipinski definition) is 1. The lowest BCUT2D eigenvalue weighted by molar-refractivity contribution is -0.138. The number of fused-ring (bicyclic) bond motifs is 1. The molecule has 0 radical (unpaired) electrons. The van der Waals surface area contributed by atoms with Gasteiger partial charge in [0.1, 0.15) is 12.3 Å². The molecular weight excluding hydrogens is 328 g/mol. The molecule has 2 aromatic rings. The maximum atomic E-state index is 13.1. The number of phenolic OH excluding ortho intramolecular Hbond substituents is 1. The number of amides is 2. The lowest BCUT2D eigenvalue weighted by Gasteiger charge is -2.37. The number of hydrogen-bond acceptors (Lipinski definition) is 3. The summed E-state index contributed by atoms with van der Waals surface area (Å²) in [6.07, 6.45) is 2.44. The lowest BCUT2D eigenvalue weighted by atomic mass is 9.81. The van der Waals surface area contributed by atoms with Gasteiger partial charge in [0.2, 0.25) is 11.8 Å². The van der Waals surface area contributed by atoms with E-state index in [1.165, 1.54) is 0 Å². The average molecular weight is 350 g/mol. The minimum atomic E-state index is -0.262. The van der Waals surface area contributed by atoms with Crippen LogP contribution < -0.4 is 4.90 Å². The highest BCUT2D eigenvalue weighted by Gasteiger charge is 2.34. The van der Waals surface area contributed by atoms with Crippen LogP contribution in [0, 0.1) is 0 Å². The Morgan fingerprint density at radius 3 is 2.62 bits per heavy atom. The van der Waals surface area contributed by atoms with Crippen LogP contribution in [0.4, 0.5) is 5.69 Å². The number of aromatic hydroxyl groups is 1. The van der Waals surface area contributed by atoms with Crippen molar-refractivity contribution in [1.82, 2.24) is 4.90 Å². The maximum Gasteiger partial charge on any atom is 0.246 e. The van der Waals surface area contributed by atoms with Gasteiger partial charge in [-0.2, -0.15) is 0 Å². The van der Waals surface area contributed by atoms with Gasteiger partial charge in [0.05, 0.1) is 5.92 Å². The van der Waals surface area contributed by atoms with E-state index < -0.39 is 0 Å². The molecule has 2 amide bonds. The molecule has 1 N–H and O–H groups in total. The Labute approximate surface area is 152 Å². The number of carbonyl (C=O) groups excluding carboxylic acids is 2. The second kappa shape index (κ2) is 6.83. The van der Waals surface area contributed by atoms with Crippen molar-refractivity contribution in [2.45, 2.75) is 25.2 Å². The van der Waals surface area contributed by atoms with Crippen LogP contribution in [0.5, 0.6) is 5.75 Å². The Morgan fingerprint density at radius 1 is 1.04 bits per heavy atom. The summed E-state index contributed by atoms with van der Waals surface area (Å²) >= 11 is 0. The van der Waals surface area contributed by atoms with Gasteiger partial charge in [-0.15, -0.1) is 0 Å². The Balaban J connectivity index is 1.51. The highest BCUT2D eigenvalue weighted by Crippen LogP contribution is 2.37. The molecule has 134 valence electrons. The predicted octanol–water partition coefficient (Wildman–Crippen LogP) is 2.69. The molecule has 1 heterocycles. The van der Waals surface area contributed by atoms with Gasteiger partial charge in [-0.25, -0.2) is 0 Å². The van der Waals surface area contributed by atoms with Crippen molar-refractivity contribution >= 4 is 17.5 Å². The number of piperazine rings is 1. The summed E-state index contributed by atoms with van der Waals surface area (Å²) in [4.78, 5) is 29.1. The minimum absolute atomic E-state index is 0.00221. The zero-order chi connectivity index (χ0) is 18.1. The van der Waals surface area contributed by atoms with E-state index in [1.807, 2.05) is 36.4 Å². The molecule has 1 aliphatic heterocycles. The zero-order valence-corrected chi connectivity index (χ0v) is 14.6. The molecule has 5 nitrogen and oxygen atoms in total. The number of nitrogens with zero attached hydrogens (tertiary/aromatic N) is 2. The summed E-state index contributed by atoms with van der Waals surface area (Å²) in [6, 6.07) is 15.0. The van der Waals surface area contributed by atoms with E-state index in [0.717, 1.165) is 36.1 Å². The first-order valence-electron chi connectivity index (χ1n) is 9.10. The first kappa shape index (κ1) is 16.6. The van der Waals surface area contributed by atoms with Crippen LogP contribution in [0.2, 0.25) is 0 Å². The molecular formula is C21H22N2O3. The summed E-state index contributed by atoms with van der Waals surface area (Å²) < 4.78 is 0. The van der Waals surface area contributed by atoms with Gasteiger partial charge in [0.25, 0.3) is 0 Å². The van der Waals surface area contributed by atoms with Crippen molar-refractivity contribution in [3.63, 3.8) is 0 Å². The second-order valence-corrected chi connectivity index (χ2v) is 6.93. The maximum absolute atomic E-state index is 13.1. The first-order chi connectivity index (χ1) is 12.6. The van der Waals surface area contributed by atoms with E-state index in [9.17, 15) is 14.7 Å². The topological polar surface area (TPSA) is 60.9 Å². The van der Waals surface area contributed by atoms with Gasteiger partial charge < -0.3 is 14.9 Å². The quantitative estimate of drug-likeness (QED) is 0.906. The van der Waals surface area contributed by atoms with Gasteiger partial charge in [0.15, 0.2) is 0 Å². The van der Waals surface area contributed by atoms with E-state index in [2.05, 4.69) is 0 Å². The Bertz CT molecular complexity index is 834. The molecule has 1 unspecified atom stereocenters. The van der Waals surface area contributed by atoms with E-state index in [1.54, 1.807) is 21.9 Å². The van der Waals surface area contributed by atoms with Gasteiger partial charge >= 0.3 is 0 Å². The van der Waals surface area contributed by atoms with Crippen LogP contribution in [-0.2, 0) is 16.0 Å². The third-order valence-electron chi connectivity index (χ3n) is 5.38. The second-order valence-electron chi connectivity index (χ2n) is 6.93. The van der Waals surface area contributed by atoms with Gasteiger partial charge in [-0.05, 0) is 48.6 Å². The summed E-state index contributed by atoms with van der Waals surface area (Å²) in [5, 5.41) is 10.1. The Kier molecular flexibility index (Phi) is 4.37. The van der Waals surface area contributed by atoms with E-state index in [0.29, 0.717) is 13.1 Å². The molecule has 0 spiro atoms. The molecule has 2 aromatic carbocycles. The molecule has 0 saturated carbocycles. The molecule has 4 rings (SSSR count). The Hall–Kier alpha value is -2.82. The van der Waals surface area contributed by atoms with Crippen LogP contribution in [0.3, 0.4) is 0 Å². The molecule has 0 aromatic heterocycles. The standard InChI is InChI=1S/C21H22N2O3/c24-19-11-5-8-16-17(19)9-4-10-18(16)21(26)22-12-13-23(20(25)14-22)15-6-2-1-3-7-15/h1-3,5-8,11,18,24H,4,9-10,12-14H2. The fourth-order valence-corrected chi connectivity index (χ4v) is 4.05. The number of para-hydroxylation sites is 1. The summed E-state index contributed by atoms with van der Waals surface area (Å²) in [7, 11) is 0. The van der Waals surface area contributed by atoms with E-state index in [4.69, 9.17) is 0 Å². The first-order valence-corrected chi connectivity index (χ1v) is 9.10. The van der Waals surface area contributed by atoms with Crippen molar-refractivity contribution in [2.24, 2.45) is 0 Å². The highest BCUT2D eigenvalue weighted by molar-refractivity contribution is 5.98. The van der Waals surface area contributed by atoms with Gasteiger partial charge in [-0.3, -0.25) is 9.59 Å². The Morgan fingerprint density at radius 2 is 1.85 bits per heavy atom. The van der Waals surface area contributed by atoms with Crippen LogP contribution >= 0.6 is 0 Å². The summed E-state index contributed by atoms with van der Waals surface area (Å²) in [5.74, 6) is -0.0488. The smallest absolute Gasteiger partial charge is 0.246 e. The zero-order valence-electron chi connectivity index (χ0n) is 14.6. The highest BCUT2D eigenvalue weighted by atomic mass is 16.3. The predicted molar refractivity (Wildman–Crippen MR) is 99.2 cm³/mol. The molecule has 2 aliphatic rings. The van der Waals surface area contributed by atoms with Crippen LogP contribution in [-0.4, -0.2) is 41.5 Å². The van der Waals surface area contributed by atoms with Crippen molar-refractivity contribution in [3.8, 4) is 5.75 Å². The summed E-state index contributed by atoms with van der Waals surface area (Å²) in [6.45, 7) is 1.15. The van der Waals surface area contributed by atoms with Crippen molar-refractivity contribution in [2.75, 3.05) is 24.5 Å². The SMILES string of the molecule is O=C(C1CCCc2c(O)cccc21)N1CCN(c2ccccc2)C(=O)C1. The molecule has 1 atom stereocenters. The van der Waals surface area contributed by atoms with Crippen molar-refractivity contribution in [3.05, 3.63) is 59.7 Å². The average Bonchev–Trinajstić information content (AvgIpc) is 2.68. The lowest BCUT2D eigenvalue weighted by Crippen LogP contribution is -2.53. The molecule has 26 heavy (non-hydrogen) atoms. The number of benzene rings is 2. The van der Waals surface area contributed by atoms with Crippen LogP contribution in [0.15, 0.2) is 48.5 Å². The van der Waals surface area contributed by atoms with Crippen LogP contribution in [0.1, 0.15) is 29.9 Å². The number of carbonyl (C=O) groups is 2. The summed E-state index contributed by atoms with van der Waals surface area (Å²) in [5.41, 5.74) is 2.67. The van der Waals surface area contributed by atoms with Gasteiger partial charge in [-0.1, -0.05) is 30.3 Å². The normalized spacial score (nSPS) is 20.0. The van der Waals surface area contributed by atoms with E-state index in [-0.39, 0.29) is 30.0 Å². The third-order valence-corrected chi connectivity index (χ3v) is 5.38. The largest absolute Gasteiger partial charge is 0.508 e. The fraction of sp³-hybridized carbons (Fsp3) is 0.333. The number of rotatable bonds is 2. The fourth-order valence-electron chi connectivity index (χ4n) is 4.05. The van der Waals surface area contributed by atoms with Crippen molar-refractivity contribution in [1.29, 1.82) is 0 Å². The van der Waals surface area contributed by atoms with E-state index >= 15 is 0 Å². The van der Waals surface area contributed by atoms with Crippen LogP contribution in [0.25, 0.3) is 0 Å². The molecule has 0 bridgehead atoms. The molecule has 1 fully saturated rings. The van der Waals surface area contributed by atoms with Crippen molar-refractivity contribution < 1.29 is 14.7 Å². The third kappa shape index (κ3) is 2.94.